The van der Waals surface area contributed by atoms with Crippen LogP contribution in [-0.2, 0) is 0 Å². The number of rotatable bonds is 13. The van der Waals surface area contributed by atoms with Crippen LogP contribution in [0.4, 0.5) is 0 Å². The molecule has 0 aliphatic rings. The van der Waals surface area contributed by atoms with E-state index in [4.69, 9.17) is 0 Å². The first-order valence-electron chi connectivity index (χ1n) is 8.33. The molecule has 0 aliphatic heterocycles. The quantitative estimate of drug-likeness (QED) is 0.168. The van der Waals surface area contributed by atoms with Crippen molar-refractivity contribution in [3.63, 3.8) is 0 Å². The molecule has 0 saturated carbocycles. The van der Waals surface area contributed by atoms with Gasteiger partial charge in [-0.05, 0) is 24.7 Å². The van der Waals surface area contributed by atoms with Crippen molar-refractivity contribution in [3.8, 4) is 0 Å². The Morgan fingerprint density at radius 3 is 2.11 bits per heavy atom. The van der Waals surface area contributed by atoms with Crippen molar-refractivity contribution in [2.24, 2.45) is 4.99 Å². The Balaban J connectivity index is 3.72. The minimum absolute atomic E-state index is 1.04. The van der Waals surface area contributed by atoms with Gasteiger partial charge in [0.2, 0.25) is 0 Å². The second kappa shape index (κ2) is 12.7. The Bertz CT molecular complexity index is 231. The topological polar surface area (TPSA) is 12.4 Å². The van der Waals surface area contributed by atoms with Crippen LogP contribution >= 0.6 is 0 Å². The largest absolute Gasteiger partial charge is 0.298 e. The minimum atomic E-state index is -1.10. The Kier molecular flexibility index (Phi) is 12.4. The summed E-state index contributed by atoms with van der Waals surface area (Å²) in [5, 5.41) is 0. The third-order valence-electron chi connectivity index (χ3n) is 4.37. The highest BCUT2D eigenvalue weighted by Crippen LogP contribution is 2.24. The summed E-state index contributed by atoms with van der Waals surface area (Å²) < 4.78 is 0. The van der Waals surface area contributed by atoms with E-state index in [1.165, 1.54) is 62.7 Å². The first kappa shape index (κ1) is 18.6. The summed E-state index contributed by atoms with van der Waals surface area (Å²) in [7, 11) is -1.10. The third kappa shape index (κ3) is 9.20. The molecule has 0 aromatic heterocycles. The molecule has 0 spiro atoms. The highest BCUT2D eigenvalue weighted by molar-refractivity contribution is 6.82. The van der Waals surface area contributed by atoms with Crippen LogP contribution in [-0.4, -0.2) is 20.8 Å². The van der Waals surface area contributed by atoms with Gasteiger partial charge in [0.05, 0.1) is 8.07 Å². The molecule has 0 saturated heterocycles. The van der Waals surface area contributed by atoms with Crippen LogP contribution in [0.3, 0.4) is 0 Å². The van der Waals surface area contributed by atoms with E-state index >= 15 is 0 Å². The van der Waals surface area contributed by atoms with E-state index in [-0.39, 0.29) is 0 Å². The van der Waals surface area contributed by atoms with E-state index in [0.29, 0.717) is 0 Å². The standard InChI is InChI=1S/C17H35NSi/c1-5-9-10-11-12-13-14-18-15-17-19(7-3,8-4)16-6-2/h6,15H,2,5,7-14,16-17H2,1,3-4H3. The van der Waals surface area contributed by atoms with Crippen molar-refractivity contribution in [1.82, 2.24) is 0 Å². The van der Waals surface area contributed by atoms with Crippen LogP contribution in [0.15, 0.2) is 17.6 Å². The SMILES string of the molecule is C=CC[Si](CC)(CC)CC=NCCCCCCCC. The smallest absolute Gasteiger partial charge is 0.0621 e. The lowest BCUT2D eigenvalue weighted by Crippen LogP contribution is -2.31. The van der Waals surface area contributed by atoms with E-state index in [1.54, 1.807) is 0 Å². The first-order chi connectivity index (χ1) is 9.24. The van der Waals surface area contributed by atoms with Gasteiger partial charge in [0.15, 0.2) is 0 Å². The van der Waals surface area contributed by atoms with E-state index in [9.17, 15) is 0 Å². The normalized spacial score (nSPS) is 12.2. The molecule has 0 aromatic carbocycles. The molecule has 0 amide bonds. The van der Waals surface area contributed by atoms with E-state index < -0.39 is 8.07 Å². The van der Waals surface area contributed by atoms with Gasteiger partial charge in [-0.25, -0.2) is 0 Å². The molecule has 0 aliphatic carbocycles. The van der Waals surface area contributed by atoms with Gasteiger partial charge in [-0.1, -0.05) is 71.0 Å². The highest BCUT2D eigenvalue weighted by Gasteiger charge is 2.25. The summed E-state index contributed by atoms with van der Waals surface area (Å²) in [5.74, 6) is 0. The summed E-state index contributed by atoms with van der Waals surface area (Å²) in [4.78, 5) is 4.63. The maximum absolute atomic E-state index is 4.63. The summed E-state index contributed by atoms with van der Waals surface area (Å²) >= 11 is 0. The van der Waals surface area contributed by atoms with Gasteiger partial charge in [0.1, 0.15) is 0 Å². The second-order valence-corrected chi connectivity index (χ2v) is 11.0. The summed E-state index contributed by atoms with van der Waals surface area (Å²) in [6.45, 7) is 11.9. The summed E-state index contributed by atoms with van der Waals surface area (Å²) in [5.41, 5.74) is 0. The van der Waals surface area contributed by atoms with E-state index in [0.717, 1.165) is 6.54 Å². The predicted molar refractivity (Wildman–Crippen MR) is 93.3 cm³/mol. The molecule has 0 aromatic rings. The zero-order valence-electron chi connectivity index (χ0n) is 13.6. The Hall–Kier alpha value is -0.373. The minimum Gasteiger partial charge on any atom is -0.298 e. The number of unbranched alkanes of at least 4 members (excludes halogenated alkanes) is 5. The Labute approximate surface area is 122 Å². The van der Waals surface area contributed by atoms with Gasteiger partial charge >= 0.3 is 0 Å². The lowest BCUT2D eigenvalue weighted by Gasteiger charge is -2.26. The molecule has 0 fully saturated rings. The molecule has 0 rings (SSSR count). The summed E-state index contributed by atoms with van der Waals surface area (Å²) in [6.07, 6.45) is 12.5. The molecule has 0 bridgehead atoms. The molecular weight excluding hydrogens is 246 g/mol. The van der Waals surface area contributed by atoms with Gasteiger partial charge in [0.25, 0.3) is 0 Å². The molecule has 1 nitrogen and oxygen atoms in total. The number of nitrogens with zero attached hydrogens (tertiary/aromatic N) is 1. The van der Waals surface area contributed by atoms with Crippen molar-refractivity contribution in [3.05, 3.63) is 12.7 Å². The third-order valence-corrected chi connectivity index (χ3v) is 9.57. The van der Waals surface area contributed by atoms with Crippen molar-refractivity contribution in [1.29, 1.82) is 0 Å². The molecule has 19 heavy (non-hydrogen) atoms. The highest BCUT2D eigenvalue weighted by atomic mass is 28.3. The van der Waals surface area contributed by atoms with E-state index in [2.05, 4.69) is 44.6 Å². The van der Waals surface area contributed by atoms with Crippen molar-refractivity contribution < 1.29 is 0 Å². The average Bonchev–Trinajstić information content (AvgIpc) is 2.44. The number of hydrogen-bond donors (Lipinski definition) is 0. The second-order valence-electron chi connectivity index (χ2n) is 5.76. The fourth-order valence-electron chi connectivity index (χ4n) is 2.55. The fraction of sp³-hybridized carbons (Fsp3) is 0.824. The molecule has 0 N–H and O–H groups in total. The maximum Gasteiger partial charge on any atom is 0.0621 e. The molecule has 0 atom stereocenters. The monoisotopic (exact) mass is 281 g/mol. The van der Waals surface area contributed by atoms with Crippen LogP contribution in [0.2, 0.25) is 24.2 Å². The first-order valence-corrected chi connectivity index (χ1v) is 11.2. The molecule has 2 heteroatoms. The van der Waals surface area contributed by atoms with Crippen LogP contribution < -0.4 is 0 Å². The lowest BCUT2D eigenvalue weighted by atomic mass is 10.1. The van der Waals surface area contributed by atoms with Gasteiger partial charge in [-0.2, -0.15) is 0 Å². The maximum atomic E-state index is 4.63. The number of hydrogen-bond acceptors (Lipinski definition) is 1. The number of aliphatic imine (C=N–C) groups is 1. The van der Waals surface area contributed by atoms with Crippen molar-refractivity contribution in [2.45, 2.75) is 83.5 Å². The zero-order valence-corrected chi connectivity index (χ0v) is 14.6. The van der Waals surface area contributed by atoms with Crippen molar-refractivity contribution >= 4 is 14.3 Å². The van der Waals surface area contributed by atoms with Crippen molar-refractivity contribution in [2.75, 3.05) is 6.54 Å². The molecule has 0 radical (unpaired) electrons. The Morgan fingerprint density at radius 2 is 1.53 bits per heavy atom. The Morgan fingerprint density at radius 1 is 0.895 bits per heavy atom. The molecule has 112 valence electrons. The van der Waals surface area contributed by atoms with Gasteiger partial charge in [-0.3, -0.25) is 4.99 Å². The number of allylic oxidation sites excluding steroid dienone is 1. The van der Waals surface area contributed by atoms with Gasteiger partial charge in [-0.15, -0.1) is 6.58 Å². The molecular formula is C17H35NSi. The van der Waals surface area contributed by atoms with Gasteiger partial charge in [0, 0.05) is 6.54 Å². The average molecular weight is 282 g/mol. The zero-order chi connectivity index (χ0) is 14.4. The van der Waals surface area contributed by atoms with Crippen LogP contribution in [0.25, 0.3) is 0 Å². The molecule has 0 unspecified atom stereocenters. The van der Waals surface area contributed by atoms with Crippen LogP contribution in [0.5, 0.6) is 0 Å². The lowest BCUT2D eigenvalue weighted by molar-refractivity contribution is 0.612. The van der Waals surface area contributed by atoms with E-state index in [1.807, 2.05) is 0 Å². The van der Waals surface area contributed by atoms with Crippen LogP contribution in [0, 0.1) is 0 Å². The summed E-state index contributed by atoms with van der Waals surface area (Å²) in [6, 6.07) is 5.22. The predicted octanol–water partition coefficient (Wildman–Crippen LogP) is 6.09. The fourth-order valence-corrected chi connectivity index (χ4v) is 5.50. The molecule has 0 heterocycles. The van der Waals surface area contributed by atoms with Crippen LogP contribution in [0.1, 0.15) is 59.3 Å². The van der Waals surface area contributed by atoms with Gasteiger partial charge < -0.3 is 0 Å².